The number of aryl methyl sites for hydroxylation is 1. The third-order valence-corrected chi connectivity index (χ3v) is 8.42. The quantitative estimate of drug-likeness (QED) is 0.366. The van der Waals surface area contributed by atoms with Gasteiger partial charge in [0.05, 0.1) is 20.7 Å². The molecule has 8 nitrogen and oxygen atoms in total. The number of benzene rings is 1. The van der Waals surface area contributed by atoms with Crippen LogP contribution in [0.5, 0.6) is 11.6 Å². The van der Waals surface area contributed by atoms with Crippen molar-refractivity contribution >= 4 is 37.2 Å². The molecule has 0 amide bonds. The first-order chi connectivity index (χ1) is 16.1. The lowest BCUT2D eigenvalue weighted by molar-refractivity contribution is 0.100. The molecule has 34 heavy (non-hydrogen) atoms. The van der Waals surface area contributed by atoms with Gasteiger partial charge in [-0.1, -0.05) is 30.6 Å². The molecule has 10 heteroatoms. The van der Waals surface area contributed by atoms with Gasteiger partial charge < -0.3 is 14.6 Å². The van der Waals surface area contributed by atoms with E-state index in [0.29, 0.717) is 26.8 Å². The van der Waals surface area contributed by atoms with Gasteiger partial charge in [-0.2, -0.15) is 0 Å². The molecule has 0 bridgehead atoms. The highest BCUT2D eigenvalue weighted by atomic mass is 32.2. The molecule has 3 heterocycles. The van der Waals surface area contributed by atoms with Crippen molar-refractivity contribution in [2.24, 2.45) is 0 Å². The Morgan fingerprint density at radius 3 is 2.53 bits per heavy atom. The van der Waals surface area contributed by atoms with Crippen LogP contribution in [-0.2, 0) is 9.84 Å². The highest BCUT2D eigenvalue weighted by Crippen LogP contribution is 2.47. The summed E-state index contributed by atoms with van der Waals surface area (Å²) in [7, 11) is -3.40. The highest BCUT2D eigenvalue weighted by Gasteiger charge is 2.35. The van der Waals surface area contributed by atoms with E-state index in [1.807, 2.05) is 0 Å². The van der Waals surface area contributed by atoms with Gasteiger partial charge in [0.1, 0.15) is 5.76 Å². The van der Waals surface area contributed by atoms with E-state index in [1.54, 1.807) is 31.2 Å². The van der Waals surface area contributed by atoms with Gasteiger partial charge in [-0.25, -0.2) is 13.4 Å². The Labute approximate surface area is 200 Å². The smallest absolute Gasteiger partial charge is 0.242 e. The molecule has 178 valence electrons. The zero-order chi connectivity index (χ0) is 24.2. The first-order valence-electron chi connectivity index (χ1n) is 11.0. The number of rotatable bonds is 5. The molecule has 4 aromatic rings. The fourth-order valence-corrected chi connectivity index (χ4v) is 6.39. The Morgan fingerprint density at radius 1 is 1.15 bits per heavy atom. The van der Waals surface area contributed by atoms with Crippen molar-refractivity contribution < 1.29 is 27.8 Å². The molecule has 2 N–H and O–H groups in total. The van der Waals surface area contributed by atoms with Crippen LogP contribution < -0.4 is 0 Å². The van der Waals surface area contributed by atoms with Gasteiger partial charge in [0.25, 0.3) is 0 Å². The molecular formula is C24H24N2O6S2. The van der Waals surface area contributed by atoms with E-state index in [1.165, 1.54) is 22.0 Å². The van der Waals surface area contributed by atoms with Crippen molar-refractivity contribution in [2.75, 3.05) is 6.26 Å². The highest BCUT2D eigenvalue weighted by molar-refractivity contribution is 7.90. The first kappa shape index (κ1) is 22.7. The summed E-state index contributed by atoms with van der Waals surface area (Å²) in [5.74, 6) is -0.872. The summed E-state index contributed by atoms with van der Waals surface area (Å²) < 4.78 is 31.6. The summed E-state index contributed by atoms with van der Waals surface area (Å²) >= 11 is 1.19. The van der Waals surface area contributed by atoms with Crippen LogP contribution in [0.4, 0.5) is 0 Å². The summed E-state index contributed by atoms with van der Waals surface area (Å²) in [4.78, 5) is 18.2. The minimum Gasteiger partial charge on any atom is -0.503 e. The van der Waals surface area contributed by atoms with Gasteiger partial charge in [0.15, 0.2) is 26.5 Å². The van der Waals surface area contributed by atoms with Crippen LogP contribution in [0.1, 0.15) is 65.6 Å². The fraction of sp³-hybridized carbons (Fsp3) is 0.333. The molecule has 1 saturated carbocycles. The van der Waals surface area contributed by atoms with Crippen molar-refractivity contribution in [3.8, 4) is 16.8 Å². The van der Waals surface area contributed by atoms with Gasteiger partial charge in [0, 0.05) is 17.9 Å². The lowest BCUT2D eigenvalue weighted by atomic mass is 9.84. The second-order valence-electron chi connectivity index (χ2n) is 8.74. The predicted octanol–water partition coefficient (Wildman–Crippen LogP) is 5.08. The van der Waals surface area contributed by atoms with Gasteiger partial charge in [-0.05, 0) is 50.1 Å². The zero-order valence-electron chi connectivity index (χ0n) is 18.7. The van der Waals surface area contributed by atoms with Crippen LogP contribution in [0.25, 0.3) is 15.3 Å². The average molecular weight is 501 g/mol. The summed E-state index contributed by atoms with van der Waals surface area (Å²) in [6.45, 7) is 1.73. The van der Waals surface area contributed by atoms with E-state index in [4.69, 9.17) is 4.42 Å². The van der Waals surface area contributed by atoms with Crippen molar-refractivity contribution in [3.63, 3.8) is 0 Å². The molecule has 1 aliphatic rings. The van der Waals surface area contributed by atoms with Gasteiger partial charge in [0.2, 0.25) is 11.7 Å². The number of hydrogen-bond acceptors (Lipinski definition) is 8. The SMILES string of the molecule is Cc1ccc(C(=O)c2c(O)c(O)n(-c3nc4ccc(S(C)(=O)=O)cc4s3)c2C2CCCCC2)o1. The predicted molar refractivity (Wildman–Crippen MR) is 128 cm³/mol. The number of hydrogen-bond donors (Lipinski definition) is 2. The van der Waals surface area contributed by atoms with Crippen molar-refractivity contribution in [1.82, 2.24) is 9.55 Å². The molecule has 1 aliphatic carbocycles. The zero-order valence-corrected chi connectivity index (χ0v) is 20.4. The maximum absolute atomic E-state index is 13.4. The number of nitrogens with zero attached hydrogens (tertiary/aromatic N) is 2. The summed E-state index contributed by atoms with van der Waals surface area (Å²) in [5, 5.41) is 22.3. The van der Waals surface area contributed by atoms with E-state index in [9.17, 15) is 23.4 Å². The van der Waals surface area contributed by atoms with Crippen LogP contribution in [0.3, 0.4) is 0 Å². The van der Waals surface area contributed by atoms with Gasteiger partial charge in [-0.15, -0.1) is 0 Å². The lowest BCUT2D eigenvalue weighted by Crippen LogP contribution is -2.14. The van der Waals surface area contributed by atoms with Crippen LogP contribution >= 0.6 is 11.3 Å². The van der Waals surface area contributed by atoms with Gasteiger partial charge in [-0.3, -0.25) is 9.36 Å². The standard InChI is InChI=1S/C24H24N2O6S2/c1-13-8-11-17(32-13)21(27)19-20(14-6-4-3-5-7-14)26(23(29)22(19)28)24-25-16-10-9-15(34(2,30)31)12-18(16)33-24/h8-12,14,28-29H,3-7H2,1-2H3. The Balaban J connectivity index is 1.73. The number of carbonyl (C=O) groups is 1. The minimum atomic E-state index is -3.40. The number of aromatic nitrogens is 2. The van der Waals surface area contributed by atoms with Crippen molar-refractivity contribution in [2.45, 2.75) is 49.8 Å². The number of aromatic hydroxyl groups is 2. The number of sulfone groups is 1. The summed E-state index contributed by atoms with van der Waals surface area (Å²) in [6, 6.07) is 7.88. The van der Waals surface area contributed by atoms with Crippen LogP contribution in [0.15, 0.2) is 39.6 Å². The van der Waals surface area contributed by atoms with E-state index in [2.05, 4.69) is 4.98 Å². The average Bonchev–Trinajstić information content (AvgIpc) is 3.49. The first-order valence-corrected chi connectivity index (χ1v) is 13.7. The Bertz CT molecular complexity index is 1520. The molecule has 0 unspecified atom stereocenters. The number of carbonyl (C=O) groups excluding carboxylic acids is 1. The molecule has 3 aromatic heterocycles. The van der Waals surface area contributed by atoms with Crippen LogP contribution in [-0.4, -0.2) is 40.2 Å². The second-order valence-corrected chi connectivity index (χ2v) is 11.8. The van der Waals surface area contributed by atoms with Crippen molar-refractivity contribution in [3.05, 3.63) is 53.1 Å². The van der Waals surface area contributed by atoms with E-state index < -0.39 is 27.2 Å². The molecule has 1 aromatic carbocycles. The number of fused-ring (bicyclic) bond motifs is 1. The fourth-order valence-electron chi connectivity index (χ4n) is 4.64. The normalized spacial score (nSPS) is 15.2. The number of furan rings is 1. The molecule has 0 aliphatic heterocycles. The van der Waals surface area contributed by atoms with Crippen molar-refractivity contribution in [1.29, 1.82) is 0 Å². The molecule has 0 spiro atoms. The molecule has 0 radical (unpaired) electrons. The Kier molecular flexibility index (Phi) is 5.52. The Morgan fingerprint density at radius 2 is 1.88 bits per heavy atom. The monoisotopic (exact) mass is 500 g/mol. The number of ketones is 1. The van der Waals surface area contributed by atoms with Crippen LogP contribution in [0.2, 0.25) is 0 Å². The Hall–Kier alpha value is -3.11. The summed E-state index contributed by atoms with van der Waals surface area (Å²) in [5.41, 5.74) is 1.09. The molecular weight excluding hydrogens is 476 g/mol. The summed E-state index contributed by atoms with van der Waals surface area (Å²) in [6.07, 6.45) is 5.80. The number of thiazole rings is 1. The maximum atomic E-state index is 13.4. The van der Waals surface area contributed by atoms with E-state index in [-0.39, 0.29) is 22.1 Å². The maximum Gasteiger partial charge on any atom is 0.242 e. The second kappa shape index (κ2) is 8.28. The van der Waals surface area contributed by atoms with Crippen LogP contribution in [0, 0.1) is 6.92 Å². The minimum absolute atomic E-state index is 0.0230. The molecule has 5 rings (SSSR count). The van der Waals surface area contributed by atoms with E-state index >= 15 is 0 Å². The molecule has 0 saturated heterocycles. The molecule has 0 atom stereocenters. The third-order valence-electron chi connectivity index (χ3n) is 6.31. The largest absolute Gasteiger partial charge is 0.503 e. The topological polar surface area (TPSA) is 123 Å². The lowest BCUT2D eigenvalue weighted by Gasteiger charge is -2.23. The van der Waals surface area contributed by atoms with Gasteiger partial charge >= 0.3 is 0 Å². The molecule has 1 fully saturated rings. The third kappa shape index (κ3) is 3.80. The van der Waals surface area contributed by atoms with E-state index in [0.717, 1.165) is 38.4 Å².